The standard InChI is InChI=1S/C13H14N2O3.C7H15.C6H12O2.CH3.W/c1-3-8-7-15(13(18)9(8)4-2)10-5-6-11(16)14-12(10)17;1-5-6-7(2,3)4;1-5(7)8-6(2,3)4;;/h2-4,10H,5-7H2,1H3,(H,14,16,17);2,5-6H2,1,3-4H3;1-4H3;1H3;/q;-1;;-1;/b8-3-,9-4+;;;;. The number of likely N-dealkylation sites (tertiary alicyclic amines) is 1. The Morgan fingerprint density at radius 1 is 1.23 bits per heavy atom. The fourth-order valence-electron chi connectivity index (χ4n) is 3.46. The van der Waals surface area contributed by atoms with Gasteiger partial charge in [-0.25, -0.2) is 0 Å². The van der Waals surface area contributed by atoms with E-state index in [1.54, 1.807) is 11.0 Å². The van der Waals surface area contributed by atoms with Crippen LogP contribution in [0.15, 0.2) is 23.3 Å². The van der Waals surface area contributed by atoms with Crippen LogP contribution in [0, 0.1) is 19.8 Å². The molecule has 1 N–H and O–H groups in total. The van der Waals surface area contributed by atoms with E-state index in [1.807, 2.05) is 38.2 Å². The Bertz CT molecular complexity index is 816. The number of carbonyl (C=O) groups excluding carboxylic acids is 4. The van der Waals surface area contributed by atoms with E-state index in [-0.39, 0.29) is 43.1 Å². The topological polar surface area (TPSA) is 92.8 Å². The normalized spacial score (nSPS) is 20.2. The van der Waals surface area contributed by atoms with Crippen LogP contribution >= 0.6 is 0 Å². The van der Waals surface area contributed by atoms with E-state index >= 15 is 0 Å². The van der Waals surface area contributed by atoms with Crippen molar-refractivity contribution in [3.8, 4) is 0 Å². The average molecular weight is 660 g/mol. The van der Waals surface area contributed by atoms with Crippen LogP contribution < -0.4 is 5.32 Å². The molecule has 0 aromatic heterocycles. The Morgan fingerprint density at radius 3 is 2.11 bits per heavy atom. The average Bonchev–Trinajstić information content (AvgIpc) is 2.96. The molecular weight excluding hydrogens is 616 g/mol. The van der Waals surface area contributed by atoms with Crippen molar-refractivity contribution in [3.05, 3.63) is 37.6 Å². The summed E-state index contributed by atoms with van der Waals surface area (Å²) >= 11 is 1.27. The minimum atomic E-state index is -0.532. The molecule has 0 saturated carbocycles. The van der Waals surface area contributed by atoms with Gasteiger partial charge in [0.25, 0.3) is 0 Å². The van der Waals surface area contributed by atoms with Gasteiger partial charge in [-0.2, -0.15) is 5.41 Å². The molecule has 0 aromatic rings. The van der Waals surface area contributed by atoms with E-state index in [9.17, 15) is 19.2 Å². The first kappa shape index (κ1) is 35.3. The number of hydrogen-bond donors (Lipinski definition) is 1. The van der Waals surface area contributed by atoms with Crippen LogP contribution in [0.3, 0.4) is 0 Å². The molecule has 0 spiro atoms. The Balaban J connectivity index is 0. The zero-order valence-electron chi connectivity index (χ0n) is 22.9. The van der Waals surface area contributed by atoms with Gasteiger partial charge in [0.2, 0.25) is 0 Å². The summed E-state index contributed by atoms with van der Waals surface area (Å²) in [5.41, 5.74) is 1.56. The molecule has 2 fully saturated rings. The van der Waals surface area contributed by atoms with Crippen LogP contribution in [-0.4, -0.2) is 51.2 Å². The number of imide groups is 1. The van der Waals surface area contributed by atoms with Gasteiger partial charge in [0.05, 0.1) is 0 Å². The second-order valence-corrected chi connectivity index (χ2v) is 11.0. The first-order valence-corrected chi connectivity index (χ1v) is 13.3. The summed E-state index contributed by atoms with van der Waals surface area (Å²) in [5.74, 6) is -0.981. The number of allylic oxidation sites excluding steroid dienone is 2. The van der Waals surface area contributed by atoms with Crippen molar-refractivity contribution < 1.29 is 43.3 Å². The summed E-state index contributed by atoms with van der Waals surface area (Å²) in [6.07, 6.45) is 6.87. The molecule has 0 aliphatic carbocycles. The molecule has 2 saturated heterocycles. The van der Waals surface area contributed by atoms with Crippen molar-refractivity contribution >= 4 is 28.1 Å². The number of amides is 3. The number of piperidine rings is 1. The van der Waals surface area contributed by atoms with Crippen molar-refractivity contribution in [3.63, 3.8) is 0 Å². The smallest absolute Gasteiger partial charge is 0.303 e. The maximum Gasteiger partial charge on any atom is 0.303 e. The van der Waals surface area contributed by atoms with Gasteiger partial charge in [-0.05, 0) is 20.8 Å². The summed E-state index contributed by atoms with van der Waals surface area (Å²) in [7, 11) is 0. The predicted molar refractivity (Wildman–Crippen MR) is 138 cm³/mol. The van der Waals surface area contributed by atoms with Gasteiger partial charge >= 0.3 is 128 Å². The summed E-state index contributed by atoms with van der Waals surface area (Å²) in [6, 6.07) is -0.532. The Hall–Kier alpha value is -1.88. The number of rotatable bonds is 4. The molecule has 2 aliphatic heterocycles. The third-order valence-electron chi connectivity index (χ3n) is 4.72. The largest absolute Gasteiger partial charge is 0.460 e. The summed E-state index contributed by atoms with van der Waals surface area (Å²) in [4.78, 5) is 47.1. The van der Waals surface area contributed by atoms with E-state index in [0.717, 1.165) is 5.57 Å². The van der Waals surface area contributed by atoms with Crippen molar-refractivity contribution in [2.75, 3.05) is 6.54 Å². The van der Waals surface area contributed by atoms with E-state index in [2.05, 4.69) is 33.0 Å². The molecule has 35 heavy (non-hydrogen) atoms. The van der Waals surface area contributed by atoms with Gasteiger partial charge in [0.15, 0.2) is 0 Å². The van der Waals surface area contributed by atoms with Crippen LogP contribution in [0.5, 0.6) is 0 Å². The Morgan fingerprint density at radius 2 is 1.80 bits per heavy atom. The van der Waals surface area contributed by atoms with Gasteiger partial charge in [0.1, 0.15) is 5.60 Å². The zero-order valence-corrected chi connectivity index (χ0v) is 25.9. The third-order valence-corrected chi connectivity index (χ3v) is 5.21. The van der Waals surface area contributed by atoms with Crippen LogP contribution in [0.1, 0.15) is 81.1 Å². The monoisotopic (exact) mass is 660 g/mol. The summed E-state index contributed by atoms with van der Waals surface area (Å²) in [6.45, 7) is 19.7. The third kappa shape index (κ3) is 14.3. The molecule has 0 radical (unpaired) electrons. The van der Waals surface area contributed by atoms with E-state index < -0.39 is 6.04 Å². The second kappa shape index (κ2) is 16.0. The van der Waals surface area contributed by atoms with Gasteiger partial charge < -0.3 is 19.1 Å². The molecule has 2 aliphatic rings. The molecule has 1 unspecified atom stereocenters. The van der Waals surface area contributed by atoms with Gasteiger partial charge in [0, 0.05) is 6.92 Å². The molecule has 0 aromatic carbocycles. The predicted octanol–water partition coefficient (Wildman–Crippen LogP) is 4.30. The number of hydrogen-bond acceptors (Lipinski definition) is 5. The number of esters is 1. The fraction of sp³-hybridized carbons (Fsp3) is 0.593. The van der Waals surface area contributed by atoms with Crippen molar-refractivity contribution in [1.29, 1.82) is 0 Å². The minimum absolute atomic E-state index is 0. The van der Waals surface area contributed by atoms with Crippen LogP contribution in [0.2, 0.25) is 0 Å². The molecule has 200 valence electrons. The molecular formula is C27H44N2O5W-2. The first-order valence-electron chi connectivity index (χ1n) is 11.6. The van der Waals surface area contributed by atoms with E-state index in [0.29, 0.717) is 24.0 Å². The van der Waals surface area contributed by atoms with Crippen LogP contribution in [-0.2, 0) is 43.3 Å². The quantitative estimate of drug-likeness (QED) is 0.210. The fourth-order valence-corrected chi connectivity index (χ4v) is 3.95. The Kier molecular flexibility index (Phi) is 16.1. The van der Waals surface area contributed by atoms with Gasteiger partial charge in [-0.3, -0.25) is 4.79 Å². The molecule has 2 heterocycles. The number of nitrogens with zero attached hydrogens (tertiary/aromatic N) is 1. The van der Waals surface area contributed by atoms with Gasteiger partial charge in [-0.15, -0.1) is 0 Å². The molecule has 7 nitrogen and oxygen atoms in total. The van der Waals surface area contributed by atoms with Crippen LogP contribution in [0.4, 0.5) is 0 Å². The molecule has 8 heteroatoms. The maximum atomic E-state index is 12.3. The van der Waals surface area contributed by atoms with E-state index in [1.165, 1.54) is 39.1 Å². The van der Waals surface area contributed by atoms with Crippen LogP contribution in [0.25, 0.3) is 0 Å². The zero-order chi connectivity index (χ0) is 26.7. The second-order valence-electron chi connectivity index (χ2n) is 10.1. The Labute approximate surface area is 223 Å². The van der Waals surface area contributed by atoms with Crippen molar-refractivity contribution in [2.24, 2.45) is 5.41 Å². The summed E-state index contributed by atoms with van der Waals surface area (Å²) < 4.78 is 6.69. The number of ether oxygens (including phenoxy) is 1. The SMILES string of the molecule is C/C=C1/CN(C2CCC(=O)NC2=O)C(=O)/C1=C/[CH]=[W].CC(=O)OC(C)(C)C.[CH2-]C(C)(C)CCC.[CH3-]. The summed E-state index contributed by atoms with van der Waals surface area (Å²) in [5, 5.41) is 2.29. The van der Waals surface area contributed by atoms with Crippen molar-refractivity contribution in [2.45, 2.75) is 92.7 Å². The molecule has 2 rings (SSSR count). The first-order chi connectivity index (χ1) is 15.6. The maximum absolute atomic E-state index is 12.3. The van der Waals surface area contributed by atoms with Gasteiger partial charge in [-0.1, -0.05) is 33.6 Å². The molecule has 1 atom stereocenters. The molecule has 0 bridgehead atoms. The van der Waals surface area contributed by atoms with Crippen molar-refractivity contribution in [1.82, 2.24) is 10.2 Å². The number of carbonyl (C=O) groups is 4. The number of nitrogens with one attached hydrogen (secondary N) is 1. The minimum Gasteiger partial charge on any atom is -0.460 e. The van der Waals surface area contributed by atoms with E-state index in [4.69, 9.17) is 4.74 Å². The molecule has 3 amide bonds.